The van der Waals surface area contributed by atoms with E-state index in [1.807, 2.05) is 10.6 Å². The number of fused-ring (bicyclic) bond motifs is 1. The lowest BCUT2D eigenvalue weighted by molar-refractivity contribution is -0.136. The number of hydrogen-bond donors (Lipinski definition) is 3. The van der Waals surface area contributed by atoms with Crippen molar-refractivity contribution in [2.24, 2.45) is 0 Å². The predicted molar refractivity (Wildman–Crippen MR) is 89.9 cm³/mol. The number of aromatic nitrogens is 1. The van der Waals surface area contributed by atoms with E-state index in [0.717, 1.165) is 11.1 Å². The Bertz CT molecular complexity index is 884. The molecule has 0 unspecified atom stereocenters. The number of carbonyl (C=O) groups is 1. The monoisotopic (exact) mass is 375 g/mol. The molecule has 0 saturated carbocycles. The molecule has 0 amide bonds. The summed E-state index contributed by atoms with van der Waals surface area (Å²) in [6.45, 7) is 0.487. The molecule has 0 aliphatic carbocycles. The lowest BCUT2D eigenvalue weighted by Crippen LogP contribution is -2.02. The fraction of sp³-hybridized carbons (Fsp3) is 0.118. The van der Waals surface area contributed by atoms with Gasteiger partial charge in [0.1, 0.15) is 11.5 Å². The summed E-state index contributed by atoms with van der Waals surface area (Å²) in [5.41, 5.74) is 2.25. The van der Waals surface area contributed by atoms with Crippen LogP contribution >= 0.6 is 15.9 Å². The van der Waals surface area contributed by atoms with Crippen LogP contribution in [0.1, 0.15) is 11.1 Å². The van der Waals surface area contributed by atoms with Crippen LogP contribution in [0.2, 0.25) is 0 Å². The van der Waals surface area contributed by atoms with Crippen molar-refractivity contribution in [2.75, 3.05) is 0 Å². The van der Waals surface area contributed by atoms with Crippen molar-refractivity contribution in [3.05, 3.63) is 58.2 Å². The van der Waals surface area contributed by atoms with Crippen molar-refractivity contribution in [3.8, 4) is 11.5 Å². The zero-order valence-electron chi connectivity index (χ0n) is 12.0. The molecular formula is C17H14BrNO4. The molecule has 0 spiro atoms. The highest BCUT2D eigenvalue weighted by molar-refractivity contribution is 9.10. The van der Waals surface area contributed by atoms with E-state index in [4.69, 9.17) is 5.11 Å². The van der Waals surface area contributed by atoms with E-state index in [0.29, 0.717) is 22.1 Å². The van der Waals surface area contributed by atoms with E-state index >= 15 is 0 Å². The number of phenols is 2. The van der Waals surface area contributed by atoms with E-state index in [9.17, 15) is 15.0 Å². The summed E-state index contributed by atoms with van der Waals surface area (Å²) >= 11 is 3.47. The molecule has 0 fully saturated rings. The number of aromatic hydroxyl groups is 2. The van der Waals surface area contributed by atoms with Crippen molar-refractivity contribution in [1.82, 2.24) is 4.57 Å². The number of halogens is 1. The molecule has 0 bridgehead atoms. The van der Waals surface area contributed by atoms with Crippen LogP contribution in [0.5, 0.6) is 11.5 Å². The van der Waals surface area contributed by atoms with Crippen molar-refractivity contribution < 1.29 is 20.1 Å². The smallest absolute Gasteiger partial charge is 0.307 e. The third-order valence-corrected chi connectivity index (χ3v) is 4.61. The molecule has 3 N–H and O–H groups in total. The van der Waals surface area contributed by atoms with Crippen LogP contribution in [0.4, 0.5) is 0 Å². The third-order valence-electron chi connectivity index (χ3n) is 3.70. The quantitative estimate of drug-likeness (QED) is 0.651. The molecule has 0 radical (unpaired) electrons. The van der Waals surface area contributed by atoms with Gasteiger partial charge in [-0.05, 0) is 45.8 Å². The molecule has 0 saturated heterocycles. The summed E-state index contributed by atoms with van der Waals surface area (Å²) in [6.07, 6.45) is -0.183. The molecule has 0 aliphatic heterocycles. The molecule has 5 nitrogen and oxygen atoms in total. The first kappa shape index (κ1) is 15.4. The highest BCUT2D eigenvalue weighted by atomic mass is 79.9. The Kier molecular flexibility index (Phi) is 4.00. The molecule has 6 heteroatoms. The van der Waals surface area contributed by atoms with E-state index in [-0.39, 0.29) is 17.9 Å². The summed E-state index contributed by atoms with van der Waals surface area (Å²) in [6, 6.07) is 11.9. The fourth-order valence-electron chi connectivity index (χ4n) is 2.69. The maximum absolute atomic E-state index is 11.1. The van der Waals surface area contributed by atoms with Gasteiger partial charge in [-0.25, -0.2) is 0 Å². The standard InChI is InChI=1S/C17H14BrNO4/c18-17-12(8-15(22)23)16-13(2-1-3-14(16)21)19(17)9-10-4-6-11(20)7-5-10/h1-7,20-21H,8-9H2,(H,22,23). The fourth-order valence-corrected chi connectivity index (χ4v) is 3.34. The van der Waals surface area contributed by atoms with E-state index in [2.05, 4.69) is 15.9 Å². The molecule has 3 rings (SSSR count). The second-order valence-corrected chi connectivity index (χ2v) is 6.01. The molecule has 23 heavy (non-hydrogen) atoms. The van der Waals surface area contributed by atoms with Gasteiger partial charge in [-0.1, -0.05) is 18.2 Å². The van der Waals surface area contributed by atoms with E-state index in [1.54, 1.807) is 36.4 Å². The Morgan fingerprint density at radius 1 is 1.09 bits per heavy atom. The first-order valence-corrected chi connectivity index (χ1v) is 7.75. The van der Waals surface area contributed by atoms with Gasteiger partial charge in [-0.15, -0.1) is 0 Å². The van der Waals surface area contributed by atoms with Crippen molar-refractivity contribution in [2.45, 2.75) is 13.0 Å². The molecule has 1 aromatic heterocycles. The molecule has 1 heterocycles. The summed E-state index contributed by atoms with van der Waals surface area (Å²) in [5, 5.41) is 29.2. The van der Waals surface area contributed by atoms with Crippen LogP contribution in [0.25, 0.3) is 10.9 Å². The summed E-state index contributed by atoms with van der Waals surface area (Å²) in [7, 11) is 0. The minimum Gasteiger partial charge on any atom is -0.508 e. The molecule has 118 valence electrons. The Labute approximate surface area is 140 Å². The summed E-state index contributed by atoms with van der Waals surface area (Å²) in [4.78, 5) is 11.1. The first-order valence-electron chi connectivity index (χ1n) is 6.95. The lowest BCUT2D eigenvalue weighted by Gasteiger charge is -2.08. The van der Waals surface area contributed by atoms with Gasteiger partial charge in [-0.2, -0.15) is 0 Å². The highest BCUT2D eigenvalue weighted by Gasteiger charge is 2.20. The van der Waals surface area contributed by atoms with Crippen LogP contribution in [-0.2, 0) is 17.8 Å². The van der Waals surface area contributed by atoms with Crippen molar-refractivity contribution in [3.63, 3.8) is 0 Å². The first-order chi connectivity index (χ1) is 11.0. The second-order valence-electron chi connectivity index (χ2n) is 5.26. The zero-order valence-corrected chi connectivity index (χ0v) is 13.6. The van der Waals surface area contributed by atoms with Gasteiger partial charge in [0.05, 0.1) is 16.5 Å². The van der Waals surface area contributed by atoms with Crippen LogP contribution < -0.4 is 0 Å². The van der Waals surface area contributed by atoms with E-state index in [1.165, 1.54) is 0 Å². The molecule has 0 aliphatic rings. The van der Waals surface area contributed by atoms with Crippen molar-refractivity contribution >= 4 is 32.8 Å². The Hall–Kier alpha value is -2.47. The third kappa shape index (κ3) is 2.90. The van der Waals surface area contributed by atoms with Gasteiger partial charge in [0.25, 0.3) is 0 Å². The largest absolute Gasteiger partial charge is 0.508 e. The summed E-state index contributed by atoms with van der Waals surface area (Å²) < 4.78 is 2.53. The Morgan fingerprint density at radius 2 is 1.78 bits per heavy atom. The number of carboxylic acids is 1. The van der Waals surface area contributed by atoms with Gasteiger partial charge in [-0.3, -0.25) is 4.79 Å². The Balaban J connectivity index is 2.16. The number of aliphatic carboxylic acids is 1. The van der Waals surface area contributed by atoms with Crippen LogP contribution in [0, 0.1) is 0 Å². The number of phenolic OH excluding ortho intramolecular Hbond substituents is 2. The number of benzene rings is 2. The lowest BCUT2D eigenvalue weighted by atomic mass is 10.1. The molecule has 3 aromatic rings. The Morgan fingerprint density at radius 3 is 2.43 bits per heavy atom. The minimum atomic E-state index is -0.961. The number of carboxylic acid groups (broad SMARTS) is 1. The average Bonchev–Trinajstić information content (AvgIpc) is 2.76. The average molecular weight is 376 g/mol. The number of hydrogen-bond acceptors (Lipinski definition) is 3. The molecular weight excluding hydrogens is 362 g/mol. The molecule has 0 atom stereocenters. The van der Waals surface area contributed by atoms with Gasteiger partial charge in [0, 0.05) is 17.5 Å². The van der Waals surface area contributed by atoms with Crippen LogP contribution in [0.15, 0.2) is 47.1 Å². The minimum absolute atomic E-state index is 0.0592. The second kappa shape index (κ2) is 5.96. The highest BCUT2D eigenvalue weighted by Crippen LogP contribution is 2.36. The van der Waals surface area contributed by atoms with Crippen LogP contribution in [0.3, 0.4) is 0 Å². The maximum Gasteiger partial charge on any atom is 0.307 e. The van der Waals surface area contributed by atoms with Gasteiger partial charge in [0.2, 0.25) is 0 Å². The topological polar surface area (TPSA) is 82.7 Å². The van der Waals surface area contributed by atoms with Crippen molar-refractivity contribution in [1.29, 1.82) is 0 Å². The normalized spacial score (nSPS) is 11.0. The molecule has 2 aromatic carbocycles. The summed E-state index contributed by atoms with van der Waals surface area (Å²) in [5.74, 6) is -0.712. The SMILES string of the molecule is O=C(O)Cc1c(Br)n(Cc2ccc(O)cc2)c2cccc(O)c12. The zero-order chi connectivity index (χ0) is 16.6. The van der Waals surface area contributed by atoms with E-state index < -0.39 is 5.97 Å². The van der Waals surface area contributed by atoms with Gasteiger partial charge < -0.3 is 19.9 Å². The number of nitrogens with zero attached hydrogens (tertiary/aromatic N) is 1. The predicted octanol–water partition coefficient (Wildman–Crippen LogP) is 3.49. The maximum atomic E-state index is 11.1. The number of rotatable bonds is 4. The van der Waals surface area contributed by atoms with Gasteiger partial charge >= 0.3 is 5.97 Å². The van der Waals surface area contributed by atoms with Gasteiger partial charge in [0.15, 0.2) is 0 Å². The van der Waals surface area contributed by atoms with Crippen LogP contribution in [-0.4, -0.2) is 25.9 Å².